The zero-order chi connectivity index (χ0) is 10.8. The van der Waals surface area contributed by atoms with E-state index in [1.165, 1.54) is 0 Å². The number of nitrogens with two attached hydrogens (primary N) is 1. The standard InChI is InChI=1S/C10H12ClN3O/c11-10-9-7(3-1-4-8(9)15)13-14(10)6-2-5-12/h1,3-4,15H,2,5-6,12H2. The van der Waals surface area contributed by atoms with Crippen molar-refractivity contribution in [1.29, 1.82) is 0 Å². The van der Waals surface area contributed by atoms with Crippen molar-refractivity contribution < 1.29 is 5.11 Å². The Morgan fingerprint density at radius 3 is 2.93 bits per heavy atom. The number of rotatable bonds is 3. The van der Waals surface area contributed by atoms with Gasteiger partial charge in [0.1, 0.15) is 10.9 Å². The molecule has 2 rings (SSSR count). The quantitative estimate of drug-likeness (QED) is 0.837. The molecule has 0 radical (unpaired) electrons. The van der Waals surface area contributed by atoms with Crippen LogP contribution in [0.5, 0.6) is 5.75 Å². The summed E-state index contributed by atoms with van der Waals surface area (Å²) in [5.74, 6) is 0.163. The summed E-state index contributed by atoms with van der Waals surface area (Å²) in [6, 6.07) is 5.16. The van der Waals surface area contributed by atoms with Gasteiger partial charge in [0.15, 0.2) is 0 Å². The van der Waals surface area contributed by atoms with E-state index in [4.69, 9.17) is 17.3 Å². The molecule has 15 heavy (non-hydrogen) atoms. The summed E-state index contributed by atoms with van der Waals surface area (Å²) in [7, 11) is 0. The largest absolute Gasteiger partial charge is 0.507 e. The first-order valence-electron chi connectivity index (χ1n) is 4.78. The Labute approximate surface area is 92.3 Å². The van der Waals surface area contributed by atoms with Gasteiger partial charge in [-0.15, -0.1) is 0 Å². The number of phenols is 1. The fourth-order valence-corrected chi connectivity index (χ4v) is 1.83. The van der Waals surface area contributed by atoms with Gasteiger partial charge in [-0.1, -0.05) is 17.7 Å². The normalized spacial score (nSPS) is 11.1. The first-order chi connectivity index (χ1) is 7.24. The molecule has 0 bridgehead atoms. The third-order valence-electron chi connectivity index (χ3n) is 2.26. The molecule has 0 atom stereocenters. The molecule has 3 N–H and O–H groups in total. The van der Waals surface area contributed by atoms with Crippen LogP contribution in [0.1, 0.15) is 6.42 Å². The van der Waals surface area contributed by atoms with E-state index in [0.717, 1.165) is 6.42 Å². The predicted octanol–water partition coefficient (Wildman–Crippen LogP) is 1.74. The summed E-state index contributed by atoms with van der Waals surface area (Å²) in [4.78, 5) is 0. The molecule has 0 amide bonds. The fourth-order valence-electron chi connectivity index (χ4n) is 1.52. The Balaban J connectivity index is 2.50. The Bertz CT molecular complexity index is 481. The lowest BCUT2D eigenvalue weighted by Gasteiger charge is -2.00. The summed E-state index contributed by atoms with van der Waals surface area (Å²) in [5, 5.41) is 15.0. The molecule has 1 aromatic carbocycles. The summed E-state index contributed by atoms with van der Waals surface area (Å²) < 4.78 is 1.67. The minimum absolute atomic E-state index is 0.163. The second-order valence-corrected chi connectivity index (χ2v) is 3.69. The van der Waals surface area contributed by atoms with Gasteiger partial charge in [-0.05, 0) is 25.1 Å². The number of aromatic hydroxyl groups is 1. The molecule has 0 spiro atoms. The lowest BCUT2D eigenvalue weighted by molar-refractivity contribution is 0.481. The fraction of sp³-hybridized carbons (Fsp3) is 0.300. The Morgan fingerprint density at radius 2 is 2.27 bits per heavy atom. The molecule has 0 fully saturated rings. The lowest BCUT2D eigenvalue weighted by atomic mass is 10.2. The number of aryl methyl sites for hydroxylation is 1. The maximum Gasteiger partial charge on any atom is 0.138 e. The van der Waals surface area contributed by atoms with Crippen molar-refractivity contribution in [3.05, 3.63) is 23.4 Å². The molecule has 0 saturated heterocycles. The van der Waals surface area contributed by atoms with E-state index in [1.807, 2.05) is 6.07 Å². The van der Waals surface area contributed by atoms with Gasteiger partial charge in [-0.2, -0.15) is 5.10 Å². The van der Waals surface area contributed by atoms with Crippen molar-refractivity contribution in [2.24, 2.45) is 5.73 Å². The minimum Gasteiger partial charge on any atom is -0.507 e. The van der Waals surface area contributed by atoms with Crippen LogP contribution in [-0.4, -0.2) is 21.4 Å². The minimum atomic E-state index is 0.163. The molecule has 1 aromatic heterocycles. The molecule has 5 heteroatoms. The zero-order valence-electron chi connectivity index (χ0n) is 8.15. The predicted molar refractivity (Wildman–Crippen MR) is 60.1 cm³/mol. The monoisotopic (exact) mass is 225 g/mol. The van der Waals surface area contributed by atoms with Gasteiger partial charge in [-0.25, -0.2) is 0 Å². The summed E-state index contributed by atoms with van der Waals surface area (Å²) in [6.07, 6.45) is 0.814. The molecule has 0 aliphatic rings. The van der Waals surface area contributed by atoms with Crippen molar-refractivity contribution in [2.45, 2.75) is 13.0 Å². The van der Waals surface area contributed by atoms with Crippen LogP contribution in [0.3, 0.4) is 0 Å². The van der Waals surface area contributed by atoms with E-state index in [9.17, 15) is 5.11 Å². The third kappa shape index (κ3) is 1.78. The topological polar surface area (TPSA) is 64.1 Å². The summed E-state index contributed by atoms with van der Waals surface area (Å²) in [6.45, 7) is 1.27. The van der Waals surface area contributed by atoms with Crippen LogP contribution in [0.4, 0.5) is 0 Å². The number of benzene rings is 1. The molecule has 80 valence electrons. The van der Waals surface area contributed by atoms with Crippen molar-refractivity contribution >= 4 is 22.5 Å². The maximum absolute atomic E-state index is 9.63. The number of aromatic nitrogens is 2. The number of hydrogen-bond donors (Lipinski definition) is 2. The highest BCUT2D eigenvalue weighted by Gasteiger charge is 2.11. The van der Waals surface area contributed by atoms with Gasteiger partial charge in [0.25, 0.3) is 0 Å². The first-order valence-corrected chi connectivity index (χ1v) is 5.16. The second-order valence-electron chi connectivity index (χ2n) is 3.33. The average Bonchev–Trinajstić information content (AvgIpc) is 2.54. The Hall–Kier alpha value is -1.26. The highest BCUT2D eigenvalue weighted by molar-refractivity contribution is 6.35. The Kier molecular flexibility index (Phi) is 2.79. The van der Waals surface area contributed by atoms with Gasteiger partial charge < -0.3 is 10.8 Å². The smallest absolute Gasteiger partial charge is 0.138 e. The van der Waals surface area contributed by atoms with Crippen molar-refractivity contribution in [3.63, 3.8) is 0 Å². The van der Waals surface area contributed by atoms with Crippen molar-refractivity contribution in [3.8, 4) is 5.75 Å². The van der Waals surface area contributed by atoms with Gasteiger partial charge >= 0.3 is 0 Å². The zero-order valence-corrected chi connectivity index (χ0v) is 8.91. The molecule has 4 nitrogen and oxygen atoms in total. The summed E-state index contributed by atoms with van der Waals surface area (Å²) in [5.41, 5.74) is 6.12. The molecule has 2 aromatic rings. The first kappa shape index (κ1) is 10.3. The van der Waals surface area contributed by atoms with Crippen molar-refractivity contribution in [2.75, 3.05) is 6.54 Å². The summed E-state index contributed by atoms with van der Waals surface area (Å²) >= 11 is 6.10. The number of hydrogen-bond acceptors (Lipinski definition) is 3. The molecule has 0 saturated carbocycles. The van der Waals surface area contributed by atoms with E-state index in [-0.39, 0.29) is 5.75 Å². The Morgan fingerprint density at radius 1 is 1.47 bits per heavy atom. The van der Waals surface area contributed by atoms with Crippen LogP contribution in [0.25, 0.3) is 10.9 Å². The van der Waals surface area contributed by atoms with Crippen LogP contribution in [0.15, 0.2) is 18.2 Å². The van der Waals surface area contributed by atoms with Crippen LogP contribution in [0, 0.1) is 0 Å². The van der Waals surface area contributed by atoms with E-state index >= 15 is 0 Å². The number of nitrogens with zero attached hydrogens (tertiary/aromatic N) is 2. The number of fused-ring (bicyclic) bond motifs is 1. The van der Waals surface area contributed by atoms with Crippen molar-refractivity contribution in [1.82, 2.24) is 9.78 Å². The molecular weight excluding hydrogens is 214 g/mol. The van der Waals surface area contributed by atoms with Gasteiger partial charge in [0.2, 0.25) is 0 Å². The second kappa shape index (κ2) is 4.08. The van der Waals surface area contributed by atoms with E-state index in [2.05, 4.69) is 5.10 Å². The maximum atomic E-state index is 9.63. The van der Waals surface area contributed by atoms with Crippen LogP contribution in [-0.2, 0) is 6.54 Å². The van der Waals surface area contributed by atoms with E-state index in [1.54, 1.807) is 16.8 Å². The lowest BCUT2D eigenvalue weighted by Crippen LogP contribution is -2.06. The van der Waals surface area contributed by atoms with E-state index < -0.39 is 0 Å². The number of phenolic OH excluding ortho intramolecular Hbond substituents is 1. The van der Waals surface area contributed by atoms with Gasteiger partial charge in [-0.3, -0.25) is 4.68 Å². The van der Waals surface area contributed by atoms with Crippen LogP contribution >= 0.6 is 11.6 Å². The highest BCUT2D eigenvalue weighted by Crippen LogP contribution is 2.30. The molecular formula is C10H12ClN3O. The molecule has 0 unspecified atom stereocenters. The molecule has 0 aliphatic heterocycles. The van der Waals surface area contributed by atoms with Crippen LogP contribution < -0.4 is 5.73 Å². The van der Waals surface area contributed by atoms with Gasteiger partial charge in [0, 0.05) is 6.54 Å². The third-order valence-corrected chi connectivity index (χ3v) is 2.64. The number of halogens is 1. The highest BCUT2D eigenvalue weighted by atomic mass is 35.5. The molecule has 0 aliphatic carbocycles. The van der Waals surface area contributed by atoms with E-state index in [0.29, 0.717) is 29.1 Å². The molecule has 1 heterocycles. The average molecular weight is 226 g/mol. The SMILES string of the molecule is NCCCn1nc2cccc(O)c2c1Cl. The van der Waals surface area contributed by atoms with Crippen LogP contribution in [0.2, 0.25) is 5.15 Å². The van der Waals surface area contributed by atoms with Gasteiger partial charge in [0.05, 0.1) is 10.9 Å².